The highest BCUT2D eigenvalue weighted by molar-refractivity contribution is 7.90. The van der Waals surface area contributed by atoms with Crippen molar-refractivity contribution in [2.45, 2.75) is 97.5 Å². The zero-order chi connectivity index (χ0) is 43.8. The number of amides is 1. The highest BCUT2D eigenvalue weighted by Gasteiger charge is 2.87. The molecule has 2 heterocycles. The minimum Gasteiger partial charge on any atom is -0.339 e. The van der Waals surface area contributed by atoms with E-state index in [0.717, 1.165) is 4.90 Å². The summed E-state index contributed by atoms with van der Waals surface area (Å²) in [7, 11) is -14.0. The molecular formula is C26H32F18N4O6S2. The van der Waals surface area contributed by atoms with Gasteiger partial charge in [0, 0.05) is 58.8 Å². The van der Waals surface area contributed by atoms with Crippen molar-refractivity contribution < 1.29 is 105 Å². The molecule has 2 rings (SSSR count). The zero-order valence-corrected chi connectivity index (χ0v) is 29.8. The van der Waals surface area contributed by atoms with Crippen molar-refractivity contribution in [1.29, 1.82) is 0 Å². The minimum absolute atomic E-state index is 0.0931. The number of piperazine rings is 2. The summed E-state index contributed by atoms with van der Waals surface area (Å²) in [4.78, 5) is 25.7. The molecule has 1 amide bonds. The Morgan fingerprint density at radius 2 is 0.839 bits per heavy atom. The number of alkyl halides is 18. The predicted octanol–water partition coefficient (Wildman–Crippen LogP) is 5.56. The van der Waals surface area contributed by atoms with Crippen molar-refractivity contribution in [3.05, 3.63) is 0 Å². The molecule has 2 aliphatic heterocycles. The Morgan fingerprint density at radius 3 is 1.20 bits per heavy atom. The van der Waals surface area contributed by atoms with Crippen LogP contribution in [0.25, 0.3) is 0 Å². The van der Waals surface area contributed by atoms with Crippen LogP contribution in [0.3, 0.4) is 0 Å². The summed E-state index contributed by atoms with van der Waals surface area (Å²) < 4.78 is 290. The maximum atomic E-state index is 14.4. The maximum Gasteiger partial charge on any atom is 0.460 e. The van der Waals surface area contributed by atoms with Gasteiger partial charge in [0.2, 0.25) is 5.91 Å². The number of unbranched alkanes of at least 4 members (excludes halogenated alkanes) is 5. The third-order valence-electron chi connectivity index (χ3n) is 8.91. The molecule has 2 fully saturated rings. The number of hydrogen-bond donors (Lipinski definition) is 0. The molecule has 330 valence electrons. The molecule has 0 spiro atoms. The highest BCUT2D eigenvalue weighted by atomic mass is 32.2. The molecule has 2 saturated heterocycles. The SMILES string of the molecule is O=CCCCCCCCC(C(=O)N1CCN(S(=O)(=O)C(F)(F)C(F)(F)C(F)(F)C(F)(F)F)CC1)N1CCN(S(=O)(=O)C(F)(F)C(F)(F)C(F)(F)C(F)(F)F)CC1. The monoisotopic (exact) mass is 902 g/mol. The Bertz CT molecular complexity index is 1590. The first-order chi connectivity index (χ1) is 25.0. The smallest absolute Gasteiger partial charge is 0.339 e. The molecular weight excluding hydrogens is 870 g/mol. The van der Waals surface area contributed by atoms with E-state index >= 15 is 0 Å². The summed E-state index contributed by atoms with van der Waals surface area (Å²) >= 11 is 0. The second-order valence-corrected chi connectivity index (χ2v) is 16.5. The van der Waals surface area contributed by atoms with Gasteiger partial charge in [0.1, 0.15) is 6.29 Å². The summed E-state index contributed by atoms with van der Waals surface area (Å²) in [6.07, 6.45) is -12.3. The van der Waals surface area contributed by atoms with Crippen molar-refractivity contribution in [1.82, 2.24) is 18.4 Å². The molecule has 56 heavy (non-hydrogen) atoms. The Labute approximate surface area is 306 Å². The van der Waals surface area contributed by atoms with Crippen LogP contribution in [0.2, 0.25) is 0 Å². The largest absolute Gasteiger partial charge is 0.460 e. The van der Waals surface area contributed by atoms with Gasteiger partial charge in [-0.25, -0.2) is 16.8 Å². The zero-order valence-electron chi connectivity index (χ0n) is 28.1. The quantitative estimate of drug-likeness (QED) is 0.101. The molecule has 0 aromatic carbocycles. The summed E-state index contributed by atoms with van der Waals surface area (Å²) in [5, 5.41) is -14.1. The lowest BCUT2D eigenvalue weighted by Gasteiger charge is -2.43. The summed E-state index contributed by atoms with van der Waals surface area (Å²) in [5.41, 5.74) is 0. The Kier molecular flexibility index (Phi) is 14.9. The Hall–Kier alpha value is -2.34. The van der Waals surface area contributed by atoms with Gasteiger partial charge < -0.3 is 9.69 Å². The molecule has 2 aliphatic rings. The van der Waals surface area contributed by atoms with Gasteiger partial charge in [-0.1, -0.05) is 25.7 Å². The fourth-order valence-corrected chi connectivity index (χ4v) is 8.38. The lowest BCUT2D eigenvalue weighted by Crippen LogP contribution is -2.67. The van der Waals surface area contributed by atoms with Crippen molar-refractivity contribution in [3.63, 3.8) is 0 Å². The summed E-state index contributed by atoms with van der Waals surface area (Å²) in [6, 6.07) is -1.51. The van der Waals surface area contributed by atoms with E-state index in [1.165, 1.54) is 0 Å². The van der Waals surface area contributed by atoms with Gasteiger partial charge in [-0.2, -0.15) is 87.6 Å². The Morgan fingerprint density at radius 1 is 0.500 bits per heavy atom. The van der Waals surface area contributed by atoms with E-state index < -0.39 is 140 Å². The number of hydrogen-bond acceptors (Lipinski definition) is 7. The molecule has 10 nitrogen and oxygen atoms in total. The van der Waals surface area contributed by atoms with Gasteiger partial charge in [0.15, 0.2) is 0 Å². The van der Waals surface area contributed by atoms with Crippen LogP contribution in [0.15, 0.2) is 0 Å². The molecule has 1 atom stereocenters. The number of rotatable bonds is 18. The van der Waals surface area contributed by atoms with E-state index in [0.29, 0.717) is 36.9 Å². The van der Waals surface area contributed by atoms with Crippen molar-refractivity contribution in [2.24, 2.45) is 0 Å². The van der Waals surface area contributed by atoms with Crippen LogP contribution in [-0.4, -0.2) is 152 Å². The second kappa shape index (κ2) is 16.7. The van der Waals surface area contributed by atoms with E-state index in [-0.39, 0.29) is 19.3 Å². The van der Waals surface area contributed by atoms with Gasteiger partial charge >= 0.3 is 46.6 Å². The van der Waals surface area contributed by atoms with Gasteiger partial charge in [-0.05, 0) is 12.8 Å². The summed E-state index contributed by atoms with van der Waals surface area (Å²) in [5.74, 6) is -31.3. The van der Waals surface area contributed by atoms with Crippen LogP contribution in [0.5, 0.6) is 0 Å². The lowest BCUT2D eigenvalue weighted by molar-refractivity contribution is -0.382. The predicted molar refractivity (Wildman–Crippen MR) is 153 cm³/mol. The van der Waals surface area contributed by atoms with E-state index in [2.05, 4.69) is 0 Å². The third kappa shape index (κ3) is 8.81. The molecule has 0 aromatic rings. The number of carbonyl (C=O) groups is 2. The van der Waals surface area contributed by atoms with E-state index in [1.54, 1.807) is 0 Å². The average Bonchev–Trinajstić information content (AvgIpc) is 3.07. The van der Waals surface area contributed by atoms with Crippen molar-refractivity contribution in [2.75, 3.05) is 52.4 Å². The number of sulfonamides is 2. The fourth-order valence-electron chi connectivity index (χ4n) is 5.54. The van der Waals surface area contributed by atoms with E-state index in [4.69, 9.17) is 0 Å². The molecule has 0 N–H and O–H groups in total. The number of nitrogens with zero attached hydrogens (tertiary/aromatic N) is 4. The highest BCUT2D eigenvalue weighted by Crippen LogP contribution is 2.56. The topological polar surface area (TPSA) is 115 Å². The molecule has 0 aromatic heterocycles. The average molecular weight is 903 g/mol. The van der Waals surface area contributed by atoms with Crippen molar-refractivity contribution >= 4 is 32.2 Å². The second-order valence-electron chi connectivity index (χ2n) is 12.5. The Balaban J connectivity index is 2.30. The minimum atomic E-state index is -7.55. The molecule has 0 radical (unpaired) electrons. The summed E-state index contributed by atoms with van der Waals surface area (Å²) in [6.45, 7) is -9.21. The van der Waals surface area contributed by atoms with Crippen LogP contribution in [-0.2, 0) is 29.6 Å². The number of carbonyl (C=O) groups excluding carboxylic acids is 2. The first-order valence-corrected chi connectivity index (χ1v) is 18.8. The van der Waals surface area contributed by atoms with Crippen LogP contribution in [0, 0.1) is 0 Å². The van der Waals surface area contributed by atoms with Crippen molar-refractivity contribution in [3.8, 4) is 0 Å². The van der Waals surface area contributed by atoms with Gasteiger partial charge in [-0.3, -0.25) is 9.69 Å². The lowest BCUT2D eigenvalue weighted by atomic mass is 10.0. The first-order valence-electron chi connectivity index (χ1n) is 15.9. The van der Waals surface area contributed by atoms with Crippen LogP contribution in [0.4, 0.5) is 79.0 Å². The standard InChI is InChI=1S/C26H32F18N4O6S2/c27-19(28,23(35,36)37)21(31,32)25(41,42)55(51,52)47-12-8-45(9-13-47)17(7-5-3-1-2-4-6-16-49)18(50)46-10-14-48(15-11-46)56(53,54)26(43,44)22(33,34)20(29,30)24(38,39)40/h16-17H,1-15H2. The van der Waals surface area contributed by atoms with E-state index in [9.17, 15) is 105 Å². The van der Waals surface area contributed by atoms with Gasteiger partial charge in [0.25, 0.3) is 20.0 Å². The maximum absolute atomic E-state index is 14.4. The number of aldehydes is 1. The fraction of sp³-hybridized carbons (Fsp3) is 0.923. The van der Waals surface area contributed by atoms with Crippen LogP contribution in [0.1, 0.15) is 44.9 Å². The molecule has 0 saturated carbocycles. The third-order valence-corrected chi connectivity index (χ3v) is 12.8. The van der Waals surface area contributed by atoms with Crippen LogP contribution >= 0.6 is 0 Å². The first kappa shape index (κ1) is 49.8. The van der Waals surface area contributed by atoms with Gasteiger partial charge in [0.05, 0.1) is 6.04 Å². The molecule has 30 heteroatoms. The van der Waals surface area contributed by atoms with Crippen LogP contribution < -0.4 is 0 Å². The number of halogens is 18. The normalized spacial score (nSPS) is 19.6. The molecule has 0 aliphatic carbocycles. The van der Waals surface area contributed by atoms with Gasteiger partial charge in [-0.15, -0.1) is 0 Å². The molecule has 0 bridgehead atoms. The molecule has 1 unspecified atom stereocenters. The van der Waals surface area contributed by atoms with E-state index in [1.807, 2.05) is 0 Å².